The van der Waals surface area contributed by atoms with E-state index in [0.717, 1.165) is 17.4 Å². The molecule has 0 aliphatic rings. The minimum Gasteiger partial charge on any atom is -0.399 e. The Morgan fingerprint density at radius 2 is 1.61 bits per heavy atom. The summed E-state index contributed by atoms with van der Waals surface area (Å²) in [6.45, 7) is 1.78. The topological polar surface area (TPSA) is 97.1 Å². The summed E-state index contributed by atoms with van der Waals surface area (Å²) in [6.07, 6.45) is 1.12. The lowest BCUT2D eigenvalue weighted by Gasteiger charge is -2.12. The second-order valence-corrected chi connectivity index (χ2v) is 7.31. The average molecular weight is 445 g/mol. The van der Waals surface area contributed by atoms with Gasteiger partial charge in [-0.15, -0.1) is 0 Å². The van der Waals surface area contributed by atoms with Crippen LogP contribution in [0.15, 0.2) is 85.1 Å². The Balaban J connectivity index is 1.32. The number of benzene rings is 3. The zero-order chi connectivity index (χ0) is 22.9. The Morgan fingerprint density at radius 1 is 0.848 bits per heavy atom. The predicted molar refractivity (Wildman–Crippen MR) is 130 cm³/mol. The molecule has 0 amide bonds. The third-order valence-electron chi connectivity index (χ3n) is 4.70. The summed E-state index contributed by atoms with van der Waals surface area (Å²) in [5.74, 6) is -0.227. The number of nitrogens with zero attached hydrogens (tertiary/aromatic N) is 2. The molecule has 33 heavy (non-hydrogen) atoms. The highest BCUT2D eigenvalue weighted by Crippen LogP contribution is 2.23. The maximum absolute atomic E-state index is 14.3. The molecule has 0 unspecified atom stereocenters. The van der Waals surface area contributed by atoms with Gasteiger partial charge in [-0.2, -0.15) is 4.98 Å². The fourth-order valence-corrected chi connectivity index (χ4v) is 3.14. The van der Waals surface area contributed by atoms with Crippen molar-refractivity contribution in [3.05, 3.63) is 96.4 Å². The van der Waals surface area contributed by atoms with Crippen LogP contribution in [0.1, 0.15) is 5.56 Å². The van der Waals surface area contributed by atoms with Gasteiger partial charge in [0.1, 0.15) is 0 Å². The van der Waals surface area contributed by atoms with Crippen LogP contribution in [0.3, 0.4) is 0 Å². The molecule has 1 aromatic heterocycles. The smallest absolute Gasteiger partial charge is 0.229 e. The Hall–Kier alpha value is -4.17. The maximum atomic E-state index is 14.3. The zero-order valence-corrected chi connectivity index (χ0v) is 18.0. The van der Waals surface area contributed by atoms with Gasteiger partial charge in [0.25, 0.3) is 0 Å². The van der Waals surface area contributed by atoms with Crippen LogP contribution in [0.25, 0.3) is 0 Å². The highest BCUT2D eigenvalue weighted by molar-refractivity contribution is 5.65. The molecule has 0 aliphatic carbocycles. The van der Waals surface area contributed by atoms with Crippen LogP contribution >= 0.6 is 0 Å². The van der Waals surface area contributed by atoms with Gasteiger partial charge in [0.05, 0.1) is 19.4 Å². The van der Waals surface area contributed by atoms with Crippen molar-refractivity contribution >= 4 is 34.5 Å². The summed E-state index contributed by atoms with van der Waals surface area (Å²) >= 11 is 0. The molecule has 0 atom stereocenters. The molecule has 4 rings (SSSR count). The maximum Gasteiger partial charge on any atom is 0.229 e. The Labute approximate surface area is 191 Å². The van der Waals surface area contributed by atoms with E-state index in [1.54, 1.807) is 12.1 Å². The quantitative estimate of drug-likeness (QED) is 0.194. The van der Waals surface area contributed by atoms with Crippen LogP contribution in [0.5, 0.6) is 0 Å². The first-order chi connectivity index (χ1) is 16.2. The van der Waals surface area contributed by atoms with Crippen LogP contribution in [-0.4, -0.2) is 23.1 Å². The first kappa shape index (κ1) is 22.0. The van der Waals surface area contributed by atoms with Gasteiger partial charge in [-0.3, -0.25) is 0 Å². The molecule has 0 saturated heterocycles. The third kappa shape index (κ3) is 6.65. The van der Waals surface area contributed by atoms with Gasteiger partial charge in [-0.25, -0.2) is 9.37 Å². The number of nitrogens with one attached hydrogen (secondary N) is 3. The number of anilines is 6. The highest BCUT2D eigenvalue weighted by Gasteiger charge is 2.08. The number of hydrogen-bond acceptors (Lipinski definition) is 7. The normalized spacial score (nSPS) is 10.6. The van der Waals surface area contributed by atoms with E-state index in [4.69, 9.17) is 10.5 Å². The van der Waals surface area contributed by atoms with E-state index in [1.165, 1.54) is 0 Å². The van der Waals surface area contributed by atoms with Gasteiger partial charge in [0, 0.05) is 29.3 Å². The molecule has 0 aliphatic heterocycles. The molecule has 168 valence electrons. The second-order valence-electron chi connectivity index (χ2n) is 7.31. The summed E-state index contributed by atoms with van der Waals surface area (Å²) in [6, 6.07) is 24.7. The Bertz CT molecular complexity index is 1190. The summed E-state index contributed by atoms with van der Waals surface area (Å²) in [7, 11) is 0. The molecule has 0 saturated carbocycles. The van der Waals surface area contributed by atoms with Crippen molar-refractivity contribution in [1.29, 1.82) is 0 Å². The van der Waals surface area contributed by atoms with E-state index in [1.807, 2.05) is 66.7 Å². The SMILES string of the molecule is Nc1cccc(Nc2ncc(F)c(Nc3cccc(NCCOCc4ccccc4)c3)n2)c1. The van der Waals surface area contributed by atoms with Gasteiger partial charge < -0.3 is 26.4 Å². The first-order valence-corrected chi connectivity index (χ1v) is 10.5. The number of nitrogens with two attached hydrogens (primary N) is 1. The van der Waals surface area contributed by atoms with Gasteiger partial charge in [-0.1, -0.05) is 42.5 Å². The van der Waals surface area contributed by atoms with E-state index in [9.17, 15) is 4.39 Å². The number of nitrogen functional groups attached to an aromatic ring is 1. The molecule has 0 bridgehead atoms. The molecule has 7 nitrogen and oxygen atoms in total. The number of hydrogen-bond donors (Lipinski definition) is 4. The molecule has 0 spiro atoms. The van der Waals surface area contributed by atoms with Crippen molar-refractivity contribution in [2.24, 2.45) is 0 Å². The lowest BCUT2D eigenvalue weighted by Crippen LogP contribution is -2.09. The number of halogens is 1. The minimum absolute atomic E-state index is 0.0692. The number of aromatic nitrogens is 2. The fourth-order valence-electron chi connectivity index (χ4n) is 3.14. The van der Waals surface area contributed by atoms with Crippen LogP contribution in [0, 0.1) is 5.82 Å². The minimum atomic E-state index is -0.555. The molecule has 1 heterocycles. The Morgan fingerprint density at radius 3 is 2.42 bits per heavy atom. The van der Waals surface area contributed by atoms with Crippen LogP contribution in [0.4, 0.5) is 38.9 Å². The molecular formula is C25H25FN6O. The van der Waals surface area contributed by atoms with E-state index in [2.05, 4.69) is 25.9 Å². The summed E-state index contributed by atoms with van der Waals surface area (Å²) in [5.41, 5.74) is 9.83. The van der Waals surface area contributed by atoms with Crippen LogP contribution in [0.2, 0.25) is 0 Å². The zero-order valence-electron chi connectivity index (χ0n) is 18.0. The van der Waals surface area contributed by atoms with Crippen molar-refractivity contribution in [1.82, 2.24) is 9.97 Å². The van der Waals surface area contributed by atoms with Gasteiger partial charge >= 0.3 is 0 Å². The average Bonchev–Trinajstić information content (AvgIpc) is 2.82. The molecule has 0 fully saturated rings. The molecule has 8 heteroatoms. The molecule has 5 N–H and O–H groups in total. The third-order valence-corrected chi connectivity index (χ3v) is 4.70. The van der Waals surface area contributed by atoms with E-state index in [-0.39, 0.29) is 11.8 Å². The van der Waals surface area contributed by atoms with Crippen molar-refractivity contribution in [3.63, 3.8) is 0 Å². The molecule has 3 aromatic carbocycles. The predicted octanol–water partition coefficient (Wildman–Crippen LogP) is 5.31. The summed E-state index contributed by atoms with van der Waals surface area (Å²) in [5, 5.41) is 9.34. The standard InChI is InChI=1S/C25H25FN6O/c26-23-16-29-25(31-21-10-4-8-19(27)14-21)32-24(23)30-22-11-5-9-20(15-22)28-12-13-33-17-18-6-2-1-3-7-18/h1-11,14-16,28H,12-13,17,27H2,(H2,29,30,31,32). The van der Waals surface area contributed by atoms with Crippen LogP contribution < -0.4 is 21.7 Å². The molecule has 4 aromatic rings. The van der Waals surface area contributed by atoms with E-state index < -0.39 is 5.82 Å². The monoisotopic (exact) mass is 444 g/mol. The molecular weight excluding hydrogens is 419 g/mol. The number of ether oxygens (including phenoxy) is 1. The van der Waals surface area contributed by atoms with E-state index >= 15 is 0 Å². The van der Waals surface area contributed by atoms with Crippen molar-refractivity contribution in [2.75, 3.05) is 34.8 Å². The highest BCUT2D eigenvalue weighted by atomic mass is 19.1. The van der Waals surface area contributed by atoms with Gasteiger partial charge in [0.2, 0.25) is 5.95 Å². The number of rotatable bonds is 10. The van der Waals surface area contributed by atoms with Crippen molar-refractivity contribution in [3.8, 4) is 0 Å². The molecule has 0 radical (unpaired) electrons. The second kappa shape index (κ2) is 10.9. The lowest BCUT2D eigenvalue weighted by molar-refractivity contribution is 0.130. The largest absolute Gasteiger partial charge is 0.399 e. The van der Waals surface area contributed by atoms with Crippen molar-refractivity contribution < 1.29 is 9.13 Å². The van der Waals surface area contributed by atoms with E-state index in [0.29, 0.717) is 36.8 Å². The first-order valence-electron chi connectivity index (χ1n) is 10.5. The van der Waals surface area contributed by atoms with Gasteiger partial charge in [0.15, 0.2) is 11.6 Å². The summed E-state index contributed by atoms with van der Waals surface area (Å²) < 4.78 is 20.0. The van der Waals surface area contributed by atoms with Gasteiger partial charge in [-0.05, 0) is 42.0 Å². The Kier molecular flexibility index (Phi) is 7.29. The lowest BCUT2D eigenvalue weighted by atomic mass is 10.2. The summed E-state index contributed by atoms with van der Waals surface area (Å²) in [4.78, 5) is 8.25. The van der Waals surface area contributed by atoms with Crippen LogP contribution in [-0.2, 0) is 11.3 Å². The fraction of sp³-hybridized carbons (Fsp3) is 0.120. The van der Waals surface area contributed by atoms with Crippen molar-refractivity contribution in [2.45, 2.75) is 6.61 Å².